The molecule has 4 N–H and O–H groups in total. The monoisotopic (exact) mass is 286 g/mol. The topological polar surface area (TPSA) is 110 Å². The van der Waals surface area contributed by atoms with Crippen LogP contribution in [0.3, 0.4) is 0 Å². The number of carbonyl (C=O) groups excluding carboxylic acids is 2. The third kappa shape index (κ3) is 2.71. The largest absolute Gasteiger partial charge is 0.484 e. The lowest BCUT2D eigenvalue weighted by molar-refractivity contribution is -0.120. The van der Waals surface area contributed by atoms with Crippen LogP contribution in [0.25, 0.3) is 0 Å². The number of ether oxygens (including phenoxy) is 1. The fraction of sp³-hybridized carbons (Fsp3) is 0.214. The van der Waals surface area contributed by atoms with Crippen LogP contribution in [-0.4, -0.2) is 28.6 Å². The lowest BCUT2D eigenvalue weighted by Gasteiger charge is -2.22. The van der Waals surface area contributed by atoms with Crippen molar-refractivity contribution in [2.75, 3.05) is 11.9 Å². The first-order valence-corrected chi connectivity index (χ1v) is 6.47. The van der Waals surface area contributed by atoms with Gasteiger partial charge in [-0.25, -0.2) is 0 Å². The smallest absolute Gasteiger partial charge is 0.255 e. The van der Waals surface area contributed by atoms with Gasteiger partial charge in [0, 0.05) is 17.9 Å². The second-order valence-corrected chi connectivity index (χ2v) is 4.83. The summed E-state index contributed by atoms with van der Waals surface area (Å²) in [5, 5.41) is 9.48. The molecule has 2 aromatic rings. The van der Waals surface area contributed by atoms with E-state index in [0.717, 1.165) is 11.1 Å². The Morgan fingerprint density at radius 1 is 1.48 bits per heavy atom. The number of fused-ring (bicyclic) bond motifs is 1. The molecule has 7 nitrogen and oxygen atoms in total. The van der Waals surface area contributed by atoms with Gasteiger partial charge in [0.2, 0.25) is 5.91 Å². The van der Waals surface area contributed by atoms with Crippen molar-refractivity contribution < 1.29 is 14.3 Å². The number of benzene rings is 1. The first kappa shape index (κ1) is 13.2. The van der Waals surface area contributed by atoms with Crippen LogP contribution in [0.2, 0.25) is 0 Å². The zero-order chi connectivity index (χ0) is 14.8. The summed E-state index contributed by atoms with van der Waals surface area (Å²) in [6, 6.07) is 7.28. The van der Waals surface area contributed by atoms with E-state index >= 15 is 0 Å². The second-order valence-electron chi connectivity index (χ2n) is 4.83. The van der Waals surface area contributed by atoms with Crippen molar-refractivity contribution in [3.8, 4) is 5.75 Å². The van der Waals surface area contributed by atoms with Gasteiger partial charge in [0.1, 0.15) is 11.6 Å². The number of rotatable bonds is 4. The normalized spacial score (nSPS) is 17.0. The number of H-pyrrole nitrogens is 1. The molecule has 0 bridgehead atoms. The molecule has 1 aromatic carbocycles. The van der Waals surface area contributed by atoms with Crippen molar-refractivity contribution in [2.24, 2.45) is 5.73 Å². The van der Waals surface area contributed by atoms with E-state index in [0.29, 0.717) is 18.0 Å². The highest BCUT2D eigenvalue weighted by Crippen LogP contribution is 2.36. The number of hydrogen-bond donors (Lipinski definition) is 3. The van der Waals surface area contributed by atoms with Gasteiger partial charge in [0.25, 0.3) is 5.91 Å². The minimum Gasteiger partial charge on any atom is -0.484 e. The van der Waals surface area contributed by atoms with Gasteiger partial charge in [-0.15, -0.1) is 0 Å². The molecule has 2 amide bonds. The van der Waals surface area contributed by atoms with Gasteiger partial charge in [0.05, 0.1) is 6.20 Å². The molecule has 1 aliphatic rings. The van der Waals surface area contributed by atoms with Gasteiger partial charge >= 0.3 is 0 Å². The molecule has 0 fully saturated rings. The van der Waals surface area contributed by atoms with Gasteiger partial charge in [-0.1, -0.05) is 12.1 Å². The Kier molecular flexibility index (Phi) is 3.31. The molecule has 2 heterocycles. The summed E-state index contributed by atoms with van der Waals surface area (Å²) in [6.45, 7) is -0.175. The van der Waals surface area contributed by atoms with Gasteiger partial charge in [-0.3, -0.25) is 14.7 Å². The first-order chi connectivity index (χ1) is 10.1. The number of nitrogens with zero attached hydrogens (tertiary/aromatic N) is 1. The number of anilines is 1. The number of nitrogens with two attached hydrogens (primary N) is 1. The fourth-order valence-corrected chi connectivity index (χ4v) is 2.42. The van der Waals surface area contributed by atoms with E-state index in [2.05, 4.69) is 15.5 Å². The number of primary amides is 1. The maximum Gasteiger partial charge on any atom is 0.255 e. The van der Waals surface area contributed by atoms with Crippen molar-refractivity contribution in [3.05, 3.63) is 41.6 Å². The average molecular weight is 286 g/mol. The Morgan fingerprint density at radius 3 is 3.14 bits per heavy atom. The van der Waals surface area contributed by atoms with Crippen molar-refractivity contribution in [1.82, 2.24) is 10.2 Å². The molecule has 3 rings (SSSR count). The third-order valence-electron chi connectivity index (χ3n) is 3.34. The molecule has 21 heavy (non-hydrogen) atoms. The zero-order valence-corrected chi connectivity index (χ0v) is 11.1. The van der Waals surface area contributed by atoms with Crippen molar-refractivity contribution >= 4 is 17.6 Å². The van der Waals surface area contributed by atoms with E-state index in [-0.39, 0.29) is 18.4 Å². The van der Waals surface area contributed by atoms with E-state index in [1.54, 1.807) is 12.3 Å². The average Bonchev–Trinajstić information content (AvgIpc) is 2.92. The molecule has 0 saturated heterocycles. The number of amides is 2. The highest BCUT2D eigenvalue weighted by molar-refractivity contribution is 5.94. The Labute approximate surface area is 120 Å². The molecule has 7 heteroatoms. The standard InChI is InChI=1S/C14H14N4O3/c15-12(19)7-21-9-3-1-2-8(4-9)10-5-13(20)17-14-11(10)6-16-18-14/h1-4,6,10H,5,7H2,(H2,15,19)(H2,16,17,18,20)/t10-/m1/s1. The molecule has 1 aromatic heterocycles. The second kappa shape index (κ2) is 5.28. The first-order valence-electron chi connectivity index (χ1n) is 6.47. The Morgan fingerprint density at radius 2 is 2.33 bits per heavy atom. The molecule has 1 atom stereocenters. The van der Waals surface area contributed by atoms with Crippen molar-refractivity contribution in [2.45, 2.75) is 12.3 Å². The fourth-order valence-electron chi connectivity index (χ4n) is 2.42. The van der Waals surface area contributed by atoms with Crippen LogP contribution >= 0.6 is 0 Å². The number of aromatic nitrogens is 2. The summed E-state index contributed by atoms with van der Waals surface area (Å²) in [6.07, 6.45) is 2.04. The number of hydrogen-bond acceptors (Lipinski definition) is 4. The summed E-state index contributed by atoms with van der Waals surface area (Å²) in [5.74, 6) is 0.474. The summed E-state index contributed by atoms with van der Waals surface area (Å²) in [5.41, 5.74) is 6.92. The van der Waals surface area contributed by atoms with Crippen LogP contribution < -0.4 is 15.8 Å². The summed E-state index contributed by atoms with van der Waals surface area (Å²) in [7, 11) is 0. The van der Waals surface area contributed by atoms with Crippen molar-refractivity contribution in [3.63, 3.8) is 0 Å². The Bertz CT molecular complexity index is 695. The molecule has 0 radical (unpaired) electrons. The molecule has 0 unspecified atom stereocenters. The van der Waals surface area contributed by atoms with Crippen LogP contribution in [0.4, 0.5) is 5.82 Å². The lowest BCUT2D eigenvalue weighted by atomic mass is 9.87. The van der Waals surface area contributed by atoms with E-state index in [4.69, 9.17) is 10.5 Å². The van der Waals surface area contributed by atoms with Gasteiger partial charge in [0.15, 0.2) is 6.61 Å². The summed E-state index contributed by atoms with van der Waals surface area (Å²) >= 11 is 0. The van der Waals surface area contributed by atoms with E-state index < -0.39 is 5.91 Å². The number of aromatic amines is 1. The van der Waals surface area contributed by atoms with Gasteiger partial charge < -0.3 is 15.8 Å². The quantitative estimate of drug-likeness (QED) is 0.770. The maximum atomic E-state index is 11.8. The molecule has 0 spiro atoms. The summed E-state index contributed by atoms with van der Waals surface area (Å²) in [4.78, 5) is 22.5. The number of nitrogens with one attached hydrogen (secondary N) is 2. The zero-order valence-electron chi connectivity index (χ0n) is 11.1. The van der Waals surface area contributed by atoms with Crippen LogP contribution in [0.5, 0.6) is 5.75 Å². The van der Waals surface area contributed by atoms with Gasteiger partial charge in [-0.05, 0) is 17.7 Å². The molecular formula is C14H14N4O3. The minimum atomic E-state index is -0.533. The predicted molar refractivity (Wildman–Crippen MR) is 74.8 cm³/mol. The van der Waals surface area contributed by atoms with E-state index in [1.807, 2.05) is 18.2 Å². The lowest BCUT2D eigenvalue weighted by Crippen LogP contribution is -2.23. The summed E-state index contributed by atoms with van der Waals surface area (Å²) < 4.78 is 5.30. The molecular weight excluding hydrogens is 272 g/mol. The SMILES string of the molecule is NC(=O)COc1cccc([C@H]2CC(=O)Nc3[nH]ncc32)c1. The van der Waals surface area contributed by atoms with E-state index in [9.17, 15) is 9.59 Å². The predicted octanol–water partition coefficient (Wildman–Crippen LogP) is 0.748. The van der Waals surface area contributed by atoms with Crippen LogP contribution in [0, 0.1) is 0 Å². The van der Waals surface area contributed by atoms with Crippen LogP contribution in [0.1, 0.15) is 23.5 Å². The van der Waals surface area contributed by atoms with Crippen LogP contribution in [0.15, 0.2) is 30.5 Å². The molecule has 0 aliphatic carbocycles. The maximum absolute atomic E-state index is 11.8. The molecule has 1 aliphatic heterocycles. The molecule has 0 saturated carbocycles. The highest BCUT2D eigenvalue weighted by atomic mass is 16.5. The molecule has 108 valence electrons. The van der Waals surface area contributed by atoms with Gasteiger partial charge in [-0.2, -0.15) is 5.10 Å². The minimum absolute atomic E-state index is 0.0693. The highest BCUT2D eigenvalue weighted by Gasteiger charge is 2.28. The Hall–Kier alpha value is -2.83. The third-order valence-corrected chi connectivity index (χ3v) is 3.34. The number of carbonyl (C=O) groups is 2. The Balaban J connectivity index is 1.89. The van der Waals surface area contributed by atoms with Crippen molar-refractivity contribution in [1.29, 1.82) is 0 Å². The van der Waals surface area contributed by atoms with E-state index in [1.165, 1.54) is 0 Å². The van der Waals surface area contributed by atoms with Crippen LogP contribution in [-0.2, 0) is 9.59 Å².